The van der Waals surface area contributed by atoms with Crippen LogP contribution in [0.25, 0.3) is 0 Å². The minimum absolute atomic E-state index is 0. The summed E-state index contributed by atoms with van der Waals surface area (Å²) in [7, 11) is 2.62. The lowest BCUT2D eigenvalue weighted by Gasteiger charge is -2.20. The van der Waals surface area contributed by atoms with Crippen molar-refractivity contribution in [3.8, 4) is 0 Å². The van der Waals surface area contributed by atoms with E-state index in [-0.39, 0.29) is 36.6 Å². The lowest BCUT2D eigenvalue weighted by atomic mass is 10.4. The Morgan fingerprint density at radius 2 is 1.89 bits per heavy atom. The minimum atomic E-state index is -4.39. The first kappa shape index (κ1) is 20.6. The fourth-order valence-electron chi connectivity index (χ4n) is 1.12. The molecule has 1 amide bonds. The van der Waals surface area contributed by atoms with Gasteiger partial charge in [-0.3, -0.25) is 9.79 Å². The molecule has 19 heavy (non-hydrogen) atoms. The van der Waals surface area contributed by atoms with Crippen molar-refractivity contribution in [2.75, 3.05) is 27.2 Å². The molecule has 0 spiro atoms. The molecule has 0 atom stereocenters. The smallest absolute Gasteiger partial charge is 0.354 e. The zero-order valence-corrected chi connectivity index (χ0v) is 13.7. The molecular weight excluding hydrogens is 376 g/mol. The molecule has 0 aliphatic rings. The fourth-order valence-corrected chi connectivity index (χ4v) is 1.12. The van der Waals surface area contributed by atoms with Crippen LogP contribution in [-0.2, 0) is 4.79 Å². The van der Waals surface area contributed by atoms with E-state index in [2.05, 4.69) is 15.6 Å². The third-order valence-electron chi connectivity index (χ3n) is 1.90. The van der Waals surface area contributed by atoms with E-state index < -0.39 is 18.6 Å². The minimum Gasteiger partial charge on any atom is -0.354 e. The summed E-state index contributed by atoms with van der Waals surface area (Å²) in [6.45, 7) is 2.26. The summed E-state index contributed by atoms with van der Waals surface area (Å²) >= 11 is 0. The summed E-state index contributed by atoms with van der Waals surface area (Å²) in [6.07, 6.45) is -4.39. The molecule has 0 saturated carbocycles. The van der Waals surface area contributed by atoms with Gasteiger partial charge in [0.1, 0.15) is 6.54 Å². The molecule has 5 nitrogen and oxygen atoms in total. The molecule has 0 saturated heterocycles. The van der Waals surface area contributed by atoms with Crippen molar-refractivity contribution >= 4 is 35.8 Å². The molecule has 0 aliphatic carbocycles. The first-order valence-electron chi connectivity index (χ1n) is 5.43. The van der Waals surface area contributed by atoms with E-state index in [0.717, 1.165) is 7.05 Å². The second-order valence-corrected chi connectivity index (χ2v) is 4.09. The summed E-state index contributed by atoms with van der Waals surface area (Å²) in [5.41, 5.74) is 0. The van der Waals surface area contributed by atoms with Gasteiger partial charge >= 0.3 is 6.18 Å². The maximum atomic E-state index is 12.1. The van der Waals surface area contributed by atoms with Crippen molar-refractivity contribution in [1.29, 1.82) is 0 Å². The largest absolute Gasteiger partial charge is 0.406 e. The molecule has 0 aromatic heterocycles. The van der Waals surface area contributed by atoms with E-state index in [0.29, 0.717) is 10.9 Å². The average Bonchev–Trinajstić information content (AvgIpc) is 2.20. The van der Waals surface area contributed by atoms with Crippen LogP contribution in [0.4, 0.5) is 13.2 Å². The topological polar surface area (TPSA) is 56.7 Å². The van der Waals surface area contributed by atoms with Gasteiger partial charge in [-0.25, -0.2) is 0 Å². The van der Waals surface area contributed by atoms with Gasteiger partial charge in [-0.2, -0.15) is 13.2 Å². The van der Waals surface area contributed by atoms with Crippen molar-refractivity contribution in [3.63, 3.8) is 0 Å². The Hall–Kier alpha value is -0.740. The van der Waals surface area contributed by atoms with Gasteiger partial charge in [-0.1, -0.05) is 0 Å². The van der Waals surface area contributed by atoms with Gasteiger partial charge < -0.3 is 15.5 Å². The van der Waals surface area contributed by atoms with Crippen LogP contribution >= 0.6 is 24.0 Å². The first-order valence-corrected chi connectivity index (χ1v) is 5.43. The predicted molar refractivity (Wildman–Crippen MR) is 78.7 cm³/mol. The van der Waals surface area contributed by atoms with Gasteiger partial charge in [-0.05, 0) is 13.8 Å². The Morgan fingerprint density at radius 1 is 1.37 bits per heavy atom. The highest BCUT2D eigenvalue weighted by atomic mass is 127. The van der Waals surface area contributed by atoms with Gasteiger partial charge in [0.05, 0.1) is 6.54 Å². The van der Waals surface area contributed by atoms with Gasteiger partial charge in [-0.15, -0.1) is 24.0 Å². The number of carbonyl (C=O) groups is 1. The number of halogens is 4. The van der Waals surface area contributed by atoms with Crippen LogP contribution in [0.2, 0.25) is 0 Å². The van der Waals surface area contributed by atoms with Gasteiger partial charge in [0.15, 0.2) is 5.96 Å². The quantitative estimate of drug-likeness (QED) is 0.427. The number of rotatable bonds is 4. The summed E-state index contributed by atoms with van der Waals surface area (Å²) in [4.78, 5) is 15.9. The monoisotopic (exact) mass is 396 g/mol. The number of amides is 1. The van der Waals surface area contributed by atoms with E-state index in [9.17, 15) is 18.0 Å². The van der Waals surface area contributed by atoms with Gasteiger partial charge in [0.2, 0.25) is 5.91 Å². The maximum Gasteiger partial charge on any atom is 0.406 e. The van der Waals surface area contributed by atoms with Crippen LogP contribution in [0.15, 0.2) is 4.99 Å². The van der Waals surface area contributed by atoms with Crippen LogP contribution in [-0.4, -0.2) is 56.2 Å². The molecule has 9 heteroatoms. The second-order valence-electron chi connectivity index (χ2n) is 4.09. The number of alkyl halides is 3. The average molecular weight is 396 g/mol. The number of aliphatic imine (C=N–C) groups is 1. The van der Waals surface area contributed by atoms with Crippen LogP contribution in [0, 0.1) is 0 Å². The molecule has 2 N–H and O–H groups in total. The van der Waals surface area contributed by atoms with Gasteiger partial charge in [0.25, 0.3) is 0 Å². The highest BCUT2D eigenvalue weighted by Gasteiger charge is 2.31. The Kier molecular flexibility index (Phi) is 9.97. The predicted octanol–water partition coefficient (Wildman–Crippen LogP) is 1.20. The third-order valence-corrected chi connectivity index (χ3v) is 1.90. The van der Waals surface area contributed by atoms with E-state index in [1.807, 2.05) is 13.8 Å². The molecule has 0 fully saturated rings. The summed E-state index contributed by atoms with van der Waals surface area (Å²) in [5, 5.41) is 5.57. The molecule has 0 unspecified atom stereocenters. The van der Waals surface area contributed by atoms with Crippen molar-refractivity contribution < 1.29 is 18.0 Å². The summed E-state index contributed by atoms with van der Waals surface area (Å²) < 4.78 is 36.2. The SMILES string of the molecule is CN=C(NCC(=O)N(C)CC(F)(F)F)NC(C)C.I. The molecule has 0 aliphatic heterocycles. The second kappa shape index (κ2) is 9.21. The number of nitrogens with one attached hydrogen (secondary N) is 2. The highest BCUT2D eigenvalue weighted by molar-refractivity contribution is 14.0. The van der Waals surface area contributed by atoms with E-state index in [4.69, 9.17) is 0 Å². The number of hydrogen-bond donors (Lipinski definition) is 2. The van der Waals surface area contributed by atoms with Crippen molar-refractivity contribution in [2.24, 2.45) is 4.99 Å². The number of nitrogens with zero attached hydrogens (tertiary/aromatic N) is 2. The molecule has 0 heterocycles. The highest BCUT2D eigenvalue weighted by Crippen LogP contribution is 2.15. The van der Waals surface area contributed by atoms with Crippen molar-refractivity contribution in [3.05, 3.63) is 0 Å². The van der Waals surface area contributed by atoms with Crippen LogP contribution in [0.5, 0.6) is 0 Å². The Balaban J connectivity index is 0. The van der Waals surface area contributed by atoms with E-state index in [1.165, 1.54) is 7.05 Å². The van der Waals surface area contributed by atoms with E-state index in [1.54, 1.807) is 0 Å². The molecular formula is C10H20F3IN4O. The normalized spacial score (nSPS) is 11.9. The standard InChI is InChI=1S/C10H19F3N4O.HI/c1-7(2)16-9(14-3)15-5-8(18)17(4)6-10(11,12)13;/h7H,5-6H2,1-4H3,(H2,14,15,16);1H. The number of hydrogen-bond acceptors (Lipinski definition) is 2. The van der Waals surface area contributed by atoms with E-state index >= 15 is 0 Å². The number of likely N-dealkylation sites (N-methyl/N-ethyl adjacent to an activating group) is 1. The number of carbonyl (C=O) groups excluding carboxylic acids is 1. The first-order chi connectivity index (χ1) is 8.15. The van der Waals surface area contributed by atoms with Crippen molar-refractivity contribution in [1.82, 2.24) is 15.5 Å². The maximum absolute atomic E-state index is 12.1. The zero-order valence-electron chi connectivity index (χ0n) is 11.3. The molecule has 0 aromatic rings. The third kappa shape index (κ3) is 10.8. The Bertz CT molecular complexity index is 308. The fraction of sp³-hybridized carbons (Fsp3) is 0.800. The molecule has 0 radical (unpaired) electrons. The summed E-state index contributed by atoms with van der Waals surface area (Å²) in [6, 6.07) is 0.110. The lowest BCUT2D eigenvalue weighted by Crippen LogP contribution is -2.47. The molecule has 0 aromatic carbocycles. The lowest BCUT2D eigenvalue weighted by molar-refractivity contribution is -0.157. The van der Waals surface area contributed by atoms with Crippen LogP contribution in [0.1, 0.15) is 13.8 Å². The van der Waals surface area contributed by atoms with Crippen LogP contribution in [0.3, 0.4) is 0 Å². The van der Waals surface area contributed by atoms with Crippen molar-refractivity contribution in [2.45, 2.75) is 26.1 Å². The zero-order chi connectivity index (χ0) is 14.3. The molecule has 0 bridgehead atoms. The summed E-state index contributed by atoms with van der Waals surface area (Å²) in [5.74, 6) is -0.280. The molecule has 0 rings (SSSR count). The Morgan fingerprint density at radius 3 is 2.26 bits per heavy atom. The molecule has 114 valence electrons. The Labute approximate surface area is 128 Å². The number of guanidine groups is 1. The van der Waals surface area contributed by atoms with Crippen LogP contribution < -0.4 is 10.6 Å². The van der Waals surface area contributed by atoms with Gasteiger partial charge in [0, 0.05) is 20.1 Å².